The molecular weight excluding hydrogens is 570 g/mol. The molecule has 4 aromatic rings. The molecule has 1 unspecified atom stereocenters. The van der Waals surface area contributed by atoms with Gasteiger partial charge in [0.2, 0.25) is 11.8 Å². The van der Waals surface area contributed by atoms with Crippen LogP contribution < -0.4 is 9.62 Å². The molecular formula is C33H34ClN3O4S. The van der Waals surface area contributed by atoms with E-state index in [-0.39, 0.29) is 23.8 Å². The van der Waals surface area contributed by atoms with Gasteiger partial charge in [-0.25, -0.2) is 8.42 Å². The summed E-state index contributed by atoms with van der Waals surface area (Å²) in [5, 5.41) is 3.14. The molecule has 0 fully saturated rings. The number of hydrogen-bond donors (Lipinski definition) is 1. The first kappa shape index (κ1) is 30.8. The first-order chi connectivity index (χ1) is 20.1. The van der Waals surface area contributed by atoms with Crippen LogP contribution in [-0.4, -0.2) is 44.8 Å². The molecule has 0 aliphatic heterocycles. The fraction of sp³-hybridized carbons (Fsp3) is 0.212. The lowest BCUT2D eigenvalue weighted by atomic mass is 10.0. The van der Waals surface area contributed by atoms with Crippen LogP contribution >= 0.6 is 11.6 Å². The number of anilines is 1. The normalized spacial score (nSPS) is 11.9. The molecule has 0 saturated carbocycles. The summed E-state index contributed by atoms with van der Waals surface area (Å²) < 4.78 is 29.1. The van der Waals surface area contributed by atoms with Gasteiger partial charge < -0.3 is 10.2 Å². The third-order valence-corrected chi connectivity index (χ3v) is 9.04. The second kappa shape index (κ2) is 13.7. The van der Waals surface area contributed by atoms with Gasteiger partial charge in [0, 0.05) is 25.0 Å². The molecule has 0 bridgehead atoms. The van der Waals surface area contributed by atoms with Crippen molar-refractivity contribution in [1.82, 2.24) is 10.2 Å². The molecule has 9 heteroatoms. The average molecular weight is 604 g/mol. The third-order valence-electron chi connectivity index (χ3n) is 7.03. The van der Waals surface area contributed by atoms with E-state index in [2.05, 4.69) is 5.32 Å². The van der Waals surface area contributed by atoms with Crippen LogP contribution in [0.2, 0.25) is 5.02 Å². The van der Waals surface area contributed by atoms with Crippen molar-refractivity contribution in [2.24, 2.45) is 0 Å². The molecule has 42 heavy (non-hydrogen) atoms. The maximum absolute atomic E-state index is 14.3. The molecule has 1 N–H and O–H groups in total. The van der Waals surface area contributed by atoms with Crippen molar-refractivity contribution in [3.8, 4) is 0 Å². The van der Waals surface area contributed by atoms with Crippen LogP contribution in [0, 0.1) is 13.8 Å². The van der Waals surface area contributed by atoms with E-state index in [1.807, 2.05) is 61.5 Å². The van der Waals surface area contributed by atoms with E-state index in [0.29, 0.717) is 16.3 Å². The number of likely N-dealkylation sites (N-methyl/N-ethyl adjacent to an activating group) is 1. The van der Waals surface area contributed by atoms with Crippen molar-refractivity contribution in [3.05, 3.63) is 130 Å². The molecule has 0 spiro atoms. The van der Waals surface area contributed by atoms with Gasteiger partial charge in [-0.3, -0.25) is 13.9 Å². The van der Waals surface area contributed by atoms with E-state index in [1.54, 1.807) is 43.3 Å². The van der Waals surface area contributed by atoms with E-state index in [9.17, 15) is 18.0 Å². The van der Waals surface area contributed by atoms with Crippen molar-refractivity contribution < 1.29 is 18.0 Å². The van der Waals surface area contributed by atoms with Crippen LogP contribution in [0.1, 0.15) is 22.3 Å². The van der Waals surface area contributed by atoms with Crippen molar-refractivity contribution in [2.75, 3.05) is 17.9 Å². The van der Waals surface area contributed by atoms with Gasteiger partial charge in [-0.05, 0) is 60.9 Å². The highest BCUT2D eigenvalue weighted by Gasteiger charge is 2.34. The Morgan fingerprint density at radius 2 is 1.45 bits per heavy atom. The number of halogens is 1. The van der Waals surface area contributed by atoms with Crippen LogP contribution in [0.15, 0.2) is 108 Å². The summed E-state index contributed by atoms with van der Waals surface area (Å²) in [5.74, 6) is -0.867. The molecule has 4 aromatic carbocycles. The molecule has 2 amide bonds. The Balaban J connectivity index is 1.80. The number of amides is 2. The lowest BCUT2D eigenvalue weighted by Crippen LogP contribution is -2.53. The van der Waals surface area contributed by atoms with Crippen LogP contribution in [0.5, 0.6) is 0 Å². The number of nitrogens with zero attached hydrogens (tertiary/aromatic N) is 2. The highest BCUT2D eigenvalue weighted by molar-refractivity contribution is 7.92. The number of carbonyl (C=O) groups excluding carboxylic acids is 2. The second-order valence-corrected chi connectivity index (χ2v) is 12.4. The molecule has 0 aromatic heterocycles. The largest absolute Gasteiger partial charge is 0.357 e. The summed E-state index contributed by atoms with van der Waals surface area (Å²) in [6, 6.07) is 29.0. The predicted octanol–water partition coefficient (Wildman–Crippen LogP) is 5.54. The Hall–Kier alpha value is -4.14. The number of aryl methyl sites for hydroxylation is 2. The zero-order valence-corrected chi connectivity index (χ0v) is 25.4. The van der Waals surface area contributed by atoms with Gasteiger partial charge in [0.15, 0.2) is 0 Å². The van der Waals surface area contributed by atoms with E-state index >= 15 is 0 Å². The summed E-state index contributed by atoms with van der Waals surface area (Å²) in [5.41, 5.74) is 3.66. The fourth-order valence-electron chi connectivity index (χ4n) is 4.74. The van der Waals surface area contributed by atoms with Crippen molar-refractivity contribution in [3.63, 3.8) is 0 Å². The van der Waals surface area contributed by atoms with E-state index in [0.717, 1.165) is 21.0 Å². The molecule has 0 aliphatic rings. The van der Waals surface area contributed by atoms with Crippen molar-refractivity contribution >= 4 is 39.1 Å². The van der Waals surface area contributed by atoms with Gasteiger partial charge >= 0.3 is 0 Å². The third kappa shape index (κ3) is 7.38. The van der Waals surface area contributed by atoms with Gasteiger partial charge in [0.25, 0.3) is 10.0 Å². The first-order valence-corrected chi connectivity index (χ1v) is 15.4. The Bertz CT molecular complexity index is 1630. The smallest absolute Gasteiger partial charge is 0.264 e. The standard InChI is InChI=1S/C33H34ClN3O4S/c1-24-14-16-27(17-15-24)22-36(31(33(39)35-3)21-26-10-6-4-7-11-26)32(38)23-37(30-19-18-28(34)20-25(30)2)42(40,41)29-12-8-5-9-13-29/h4-20,31H,21-23H2,1-3H3,(H,35,39). The quantitative estimate of drug-likeness (QED) is 0.244. The molecule has 0 heterocycles. The number of benzene rings is 4. The Morgan fingerprint density at radius 3 is 2.05 bits per heavy atom. The van der Waals surface area contributed by atoms with Crippen LogP contribution in [0.3, 0.4) is 0 Å². The van der Waals surface area contributed by atoms with Crippen molar-refractivity contribution in [1.29, 1.82) is 0 Å². The monoisotopic (exact) mass is 603 g/mol. The number of sulfonamides is 1. The number of hydrogen-bond acceptors (Lipinski definition) is 4. The topological polar surface area (TPSA) is 86.8 Å². The maximum atomic E-state index is 14.3. The number of carbonyl (C=O) groups is 2. The van der Waals surface area contributed by atoms with Gasteiger partial charge in [0.1, 0.15) is 12.6 Å². The fourth-order valence-corrected chi connectivity index (χ4v) is 6.47. The lowest BCUT2D eigenvalue weighted by molar-refractivity contribution is -0.139. The first-order valence-electron chi connectivity index (χ1n) is 13.5. The van der Waals surface area contributed by atoms with Crippen LogP contribution in [-0.2, 0) is 32.6 Å². The number of nitrogens with one attached hydrogen (secondary N) is 1. The van der Waals surface area contributed by atoms with Gasteiger partial charge in [-0.15, -0.1) is 0 Å². The summed E-state index contributed by atoms with van der Waals surface area (Å²) in [6.45, 7) is 3.30. The molecule has 1 atom stereocenters. The molecule has 0 aliphatic carbocycles. The zero-order valence-electron chi connectivity index (χ0n) is 23.8. The van der Waals surface area contributed by atoms with Gasteiger partial charge in [0.05, 0.1) is 10.6 Å². The van der Waals surface area contributed by atoms with Crippen LogP contribution in [0.25, 0.3) is 0 Å². The van der Waals surface area contributed by atoms with Crippen molar-refractivity contribution in [2.45, 2.75) is 37.8 Å². The van der Waals surface area contributed by atoms with E-state index < -0.39 is 28.5 Å². The zero-order chi connectivity index (χ0) is 30.3. The minimum atomic E-state index is -4.16. The molecule has 4 rings (SSSR count). The van der Waals surface area contributed by atoms with Gasteiger partial charge in [-0.2, -0.15) is 0 Å². The minimum Gasteiger partial charge on any atom is -0.357 e. The Morgan fingerprint density at radius 1 is 0.833 bits per heavy atom. The number of rotatable bonds is 11. The molecule has 0 radical (unpaired) electrons. The summed E-state index contributed by atoms with van der Waals surface area (Å²) >= 11 is 6.19. The summed E-state index contributed by atoms with van der Waals surface area (Å²) in [4.78, 5) is 29.2. The Labute approximate surface area is 252 Å². The highest BCUT2D eigenvalue weighted by Crippen LogP contribution is 2.29. The molecule has 218 valence electrons. The van der Waals surface area contributed by atoms with Gasteiger partial charge in [-0.1, -0.05) is 90.0 Å². The SMILES string of the molecule is CNC(=O)C(Cc1ccccc1)N(Cc1ccc(C)cc1)C(=O)CN(c1ccc(Cl)cc1C)S(=O)(=O)c1ccccc1. The van der Waals surface area contributed by atoms with E-state index in [4.69, 9.17) is 11.6 Å². The average Bonchev–Trinajstić information content (AvgIpc) is 2.99. The lowest BCUT2D eigenvalue weighted by Gasteiger charge is -2.34. The summed E-state index contributed by atoms with van der Waals surface area (Å²) in [6.07, 6.45) is 0.253. The highest BCUT2D eigenvalue weighted by atomic mass is 35.5. The molecule has 7 nitrogen and oxygen atoms in total. The van der Waals surface area contributed by atoms with E-state index in [1.165, 1.54) is 24.1 Å². The second-order valence-electron chi connectivity index (χ2n) is 10.1. The summed E-state index contributed by atoms with van der Waals surface area (Å²) in [7, 11) is -2.64. The van der Waals surface area contributed by atoms with Crippen LogP contribution in [0.4, 0.5) is 5.69 Å². The maximum Gasteiger partial charge on any atom is 0.264 e. The minimum absolute atomic E-state index is 0.0457. The Kier molecular flexibility index (Phi) is 10.0. The molecule has 0 saturated heterocycles. The predicted molar refractivity (Wildman–Crippen MR) is 167 cm³/mol.